The maximum atomic E-state index is 9.69. The van der Waals surface area contributed by atoms with Crippen molar-refractivity contribution in [2.24, 2.45) is 0 Å². The molecule has 0 aromatic rings. The zero-order valence-electron chi connectivity index (χ0n) is 14.1. The van der Waals surface area contributed by atoms with E-state index in [9.17, 15) is 5.11 Å². The average molecular weight is 393 g/mol. The van der Waals surface area contributed by atoms with Crippen LogP contribution in [0.3, 0.4) is 0 Å². The molecular weight excluding hydrogens is 363 g/mol. The minimum Gasteiger partial charge on any atom is -0.390 e. The minimum atomic E-state index is -0.666. The van der Waals surface area contributed by atoms with Crippen LogP contribution in [0.15, 0.2) is 0 Å². The lowest BCUT2D eigenvalue weighted by Crippen LogP contribution is -2.41. The van der Waals surface area contributed by atoms with Crippen molar-refractivity contribution in [3.63, 3.8) is 0 Å². The maximum Gasteiger partial charge on any atom is 0.109 e. The fraction of sp³-hybridized carbons (Fsp3) is 1.00. The van der Waals surface area contributed by atoms with Gasteiger partial charge in [0.05, 0.1) is 12.8 Å². The molecule has 0 aliphatic heterocycles. The smallest absolute Gasteiger partial charge is 0.109 e. The zero-order chi connectivity index (χ0) is 16.0. The van der Waals surface area contributed by atoms with Crippen molar-refractivity contribution in [1.82, 2.24) is 3.53 Å². The lowest BCUT2D eigenvalue weighted by Gasteiger charge is -2.32. The standard InChI is InChI=1S/C14H30B2INO2/c1-11(18-17)10-12(2,3)15-16-14(6,7)20-9-8-13(4,5)19/h11,18-19H,8-10H2,1-7H3. The molecule has 0 spiro atoms. The molecule has 3 nitrogen and oxygen atoms in total. The van der Waals surface area contributed by atoms with Gasteiger partial charge in [-0.1, -0.05) is 19.2 Å². The highest BCUT2D eigenvalue weighted by Crippen LogP contribution is 2.30. The van der Waals surface area contributed by atoms with E-state index < -0.39 is 5.60 Å². The van der Waals surface area contributed by atoms with Crippen molar-refractivity contribution in [2.45, 2.75) is 83.8 Å². The summed E-state index contributed by atoms with van der Waals surface area (Å²) in [5.41, 5.74) is -0.968. The second-order valence-electron chi connectivity index (χ2n) is 7.55. The first kappa shape index (κ1) is 20.7. The Morgan fingerprint density at radius 1 is 1.15 bits per heavy atom. The minimum absolute atomic E-state index is 0.133. The van der Waals surface area contributed by atoms with E-state index in [-0.39, 0.29) is 10.8 Å². The number of hydrogen-bond acceptors (Lipinski definition) is 3. The van der Waals surface area contributed by atoms with Crippen LogP contribution in [-0.2, 0) is 4.74 Å². The van der Waals surface area contributed by atoms with E-state index in [2.05, 4.69) is 75.4 Å². The Morgan fingerprint density at radius 2 is 1.70 bits per heavy atom. The van der Waals surface area contributed by atoms with Gasteiger partial charge in [0.15, 0.2) is 0 Å². The van der Waals surface area contributed by atoms with Crippen molar-refractivity contribution < 1.29 is 9.84 Å². The summed E-state index contributed by atoms with van der Waals surface area (Å²) >= 11 is 2.20. The van der Waals surface area contributed by atoms with E-state index in [0.717, 1.165) is 6.42 Å². The average Bonchev–Trinajstić information content (AvgIpc) is 2.24. The molecule has 0 aromatic heterocycles. The van der Waals surface area contributed by atoms with Crippen LogP contribution in [0.25, 0.3) is 0 Å². The highest BCUT2D eigenvalue weighted by Gasteiger charge is 2.28. The van der Waals surface area contributed by atoms with E-state index >= 15 is 0 Å². The van der Waals surface area contributed by atoms with Crippen LogP contribution in [0.1, 0.15) is 61.3 Å². The summed E-state index contributed by atoms with van der Waals surface area (Å²) in [6, 6.07) is 0.481. The molecule has 0 aliphatic rings. The van der Waals surface area contributed by atoms with Crippen LogP contribution in [-0.4, -0.2) is 43.2 Å². The van der Waals surface area contributed by atoms with Gasteiger partial charge in [-0.15, -0.1) is 0 Å². The fourth-order valence-electron chi connectivity index (χ4n) is 1.93. The Hall–Kier alpha value is 0.740. The molecule has 0 saturated carbocycles. The number of nitrogens with one attached hydrogen (secondary N) is 1. The second kappa shape index (κ2) is 8.39. The van der Waals surface area contributed by atoms with E-state index in [1.165, 1.54) is 0 Å². The Labute approximate surface area is 141 Å². The van der Waals surface area contributed by atoms with Crippen molar-refractivity contribution in [3.05, 3.63) is 0 Å². The highest BCUT2D eigenvalue weighted by molar-refractivity contribution is 14.1. The van der Waals surface area contributed by atoms with Gasteiger partial charge in [-0.2, -0.15) is 0 Å². The van der Waals surface area contributed by atoms with Crippen molar-refractivity contribution in [1.29, 1.82) is 0 Å². The van der Waals surface area contributed by atoms with Gasteiger partial charge in [-0.25, -0.2) is 0 Å². The molecule has 116 valence electrons. The largest absolute Gasteiger partial charge is 0.390 e. The van der Waals surface area contributed by atoms with E-state index in [0.29, 0.717) is 19.1 Å². The van der Waals surface area contributed by atoms with E-state index in [1.807, 2.05) is 0 Å². The van der Waals surface area contributed by atoms with Gasteiger partial charge < -0.3 is 9.84 Å². The fourth-order valence-corrected chi connectivity index (χ4v) is 2.15. The molecule has 0 aromatic carbocycles. The quantitative estimate of drug-likeness (QED) is 0.341. The van der Waals surface area contributed by atoms with Crippen molar-refractivity contribution >= 4 is 37.2 Å². The molecule has 0 heterocycles. The Bertz CT molecular complexity index is 281. The Morgan fingerprint density at radius 3 is 2.15 bits per heavy atom. The molecule has 0 amide bonds. The molecule has 1 unspecified atom stereocenters. The van der Waals surface area contributed by atoms with Gasteiger partial charge in [0.2, 0.25) is 0 Å². The lowest BCUT2D eigenvalue weighted by molar-refractivity contribution is -0.00672. The van der Waals surface area contributed by atoms with E-state index in [4.69, 9.17) is 4.74 Å². The Kier molecular flexibility index (Phi) is 8.70. The maximum absolute atomic E-state index is 9.69. The molecule has 0 saturated heterocycles. The third kappa shape index (κ3) is 11.4. The number of hydrogen-bond donors (Lipinski definition) is 2. The van der Waals surface area contributed by atoms with Gasteiger partial charge in [-0.05, 0) is 47.5 Å². The first-order valence-corrected chi connectivity index (χ1v) is 8.38. The van der Waals surface area contributed by atoms with Gasteiger partial charge in [0, 0.05) is 41.0 Å². The summed E-state index contributed by atoms with van der Waals surface area (Å²) < 4.78 is 9.11. The number of halogens is 1. The molecule has 1 atom stereocenters. The summed E-state index contributed by atoms with van der Waals surface area (Å²) in [6.45, 7) is 15.0. The molecule has 20 heavy (non-hydrogen) atoms. The number of ether oxygens (including phenoxy) is 1. The highest BCUT2D eigenvalue weighted by atomic mass is 127. The van der Waals surface area contributed by atoms with Crippen molar-refractivity contribution in [2.75, 3.05) is 6.61 Å². The molecule has 6 heteroatoms. The first-order chi connectivity index (χ1) is 8.87. The third-order valence-electron chi connectivity index (χ3n) is 3.14. The van der Waals surface area contributed by atoms with Gasteiger partial charge in [0.1, 0.15) is 7.17 Å². The predicted octanol–water partition coefficient (Wildman–Crippen LogP) is 3.14. The lowest BCUT2D eigenvalue weighted by atomic mass is 9.24. The van der Waals surface area contributed by atoms with Crippen LogP contribution in [0.4, 0.5) is 0 Å². The molecular formula is C14H30B2INO2. The van der Waals surface area contributed by atoms with Gasteiger partial charge >= 0.3 is 0 Å². The van der Waals surface area contributed by atoms with Crippen molar-refractivity contribution in [3.8, 4) is 0 Å². The molecule has 2 N–H and O–H groups in total. The summed E-state index contributed by atoms with van der Waals surface area (Å²) in [6.07, 6.45) is 1.72. The summed E-state index contributed by atoms with van der Waals surface area (Å²) in [4.78, 5) is 0. The third-order valence-corrected chi connectivity index (χ3v) is 4.21. The predicted molar refractivity (Wildman–Crippen MR) is 97.7 cm³/mol. The molecule has 2 radical (unpaired) electrons. The summed E-state index contributed by atoms with van der Waals surface area (Å²) in [5, 5.41) is 9.83. The zero-order valence-corrected chi connectivity index (χ0v) is 16.2. The number of rotatable bonds is 10. The van der Waals surface area contributed by atoms with Crippen LogP contribution in [0.5, 0.6) is 0 Å². The molecule has 0 aliphatic carbocycles. The number of aliphatic hydroxyl groups is 1. The van der Waals surface area contributed by atoms with Crippen LogP contribution in [0.2, 0.25) is 5.31 Å². The first-order valence-electron chi connectivity index (χ1n) is 7.30. The normalized spacial score (nSPS) is 15.1. The molecule has 0 rings (SSSR count). The van der Waals surface area contributed by atoms with E-state index in [1.54, 1.807) is 13.8 Å². The monoisotopic (exact) mass is 393 g/mol. The van der Waals surface area contributed by atoms with Crippen LogP contribution >= 0.6 is 22.9 Å². The van der Waals surface area contributed by atoms with Gasteiger partial charge in [-0.3, -0.25) is 3.53 Å². The van der Waals surface area contributed by atoms with Crippen LogP contribution < -0.4 is 3.53 Å². The second-order valence-corrected chi connectivity index (χ2v) is 8.17. The Balaban J connectivity index is 4.13. The SMILES string of the molecule is CC(CC(C)(C)[B][B]C(C)(C)OCCC(C)(C)O)NI. The molecule has 0 bridgehead atoms. The summed E-state index contributed by atoms with van der Waals surface area (Å²) in [7, 11) is 4.37. The van der Waals surface area contributed by atoms with Gasteiger partial charge in [0.25, 0.3) is 0 Å². The topological polar surface area (TPSA) is 41.5 Å². The molecule has 0 fully saturated rings. The summed E-state index contributed by atoms with van der Waals surface area (Å²) in [5.74, 6) is 0. The van der Waals surface area contributed by atoms with Crippen LogP contribution in [0, 0.1) is 0 Å².